The van der Waals surface area contributed by atoms with E-state index in [1.807, 2.05) is 18.2 Å². The molecule has 0 N–H and O–H groups in total. The Kier molecular flexibility index (Phi) is 6.63. The predicted molar refractivity (Wildman–Crippen MR) is 106 cm³/mol. The van der Waals surface area contributed by atoms with Crippen LogP contribution in [-0.2, 0) is 0 Å². The molecule has 22 heavy (non-hydrogen) atoms. The Labute approximate surface area is 144 Å². The van der Waals surface area contributed by atoms with Crippen molar-refractivity contribution in [2.24, 2.45) is 0 Å². The third-order valence-corrected chi connectivity index (χ3v) is 4.18. The van der Waals surface area contributed by atoms with Gasteiger partial charge in [-0.15, -0.1) is 12.6 Å². The number of hydrogen-bond donors (Lipinski definition) is 1. The summed E-state index contributed by atoms with van der Waals surface area (Å²) in [5.74, 6) is 0. The maximum absolute atomic E-state index is 5.60. The quantitative estimate of drug-likeness (QED) is 0.286. The van der Waals surface area contributed by atoms with E-state index in [-0.39, 0.29) is 0 Å². The zero-order valence-corrected chi connectivity index (χ0v) is 14.2. The van der Waals surface area contributed by atoms with E-state index in [9.17, 15) is 0 Å². The molecule has 1 aromatic carbocycles. The van der Waals surface area contributed by atoms with Crippen LogP contribution in [-0.4, -0.2) is 4.86 Å². The Morgan fingerprint density at radius 3 is 3.00 bits per heavy atom. The molecule has 1 aromatic rings. The van der Waals surface area contributed by atoms with Gasteiger partial charge in [0.2, 0.25) is 0 Å². The molecule has 0 saturated heterocycles. The molecule has 2 rings (SSSR count). The summed E-state index contributed by atoms with van der Waals surface area (Å²) in [5, 5.41) is 0. The number of allylic oxidation sites excluding steroid dienone is 7. The number of hydrogen-bond acceptors (Lipinski definition) is 2. The van der Waals surface area contributed by atoms with E-state index < -0.39 is 0 Å². The maximum atomic E-state index is 5.60. The molecule has 0 aromatic heterocycles. The van der Waals surface area contributed by atoms with Gasteiger partial charge in [-0.05, 0) is 48.1 Å². The van der Waals surface area contributed by atoms with Crippen LogP contribution in [0.4, 0.5) is 0 Å². The van der Waals surface area contributed by atoms with E-state index in [4.69, 9.17) is 12.2 Å². The Bertz CT molecular complexity index is 673. The highest BCUT2D eigenvalue weighted by atomic mass is 32.1. The van der Waals surface area contributed by atoms with Gasteiger partial charge in [0.15, 0.2) is 0 Å². The minimum Gasteiger partial charge on any atom is -0.143 e. The summed E-state index contributed by atoms with van der Waals surface area (Å²) in [4.78, 5) is 1.85. The van der Waals surface area contributed by atoms with Crippen molar-refractivity contribution < 1.29 is 0 Å². The first-order valence-electron chi connectivity index (χ1n) is 7.37. The van der Waals surface area contributed by atoms with E-state index in [1.54, 1.807) is 6.08 Å². The third kappa shape index (κ3) is 5.28. The van der Waals surface area contributed by atoms with Gasteiger partial charge >= 0.3 is 0 Å². The second kappa shape index (κ2) is 8.72. The Hall–Kier alpha value is -1.64. The molecule has 112 valence electrons. The summed E-state index contributed by atoms with van der Waals surface area (Å²) in [6, 6.07) is 8.26. The fourth-order valence-corrected chi connectivity index (χ4v) is 2.60. The first kappa shape index (κ1) is 16.7. The van der Waals surface area contributed by atoms with Crippen LogP contribution in [0.5, 0.6) is 0 Å². The van der Waals surface area contributed by atoms with Crippen LogP contribution in [0.3, 0.4) is 0 Å². The fourth-order valence-electron chi connectivity index (χ4n) is 2.22. The summed E-state index contributed by atoms with van der Waals surface area (Å²) in [6.07, 6.45) is 17.4. The van der Waals surface area contributed by atoms with Crippen molar-refractivity contribution >= 4 is 35.8 Å². The van der Waals surface area contributed by atoms with Crippen molar-refractivity contribution in [1.29, 1.82) is 0 Å². The molecule has 0 spiro atoms. The van der Waals surface area contributed by atoms with Gasteiger partial charge in [-0.2, -0.15) is 0 Å². The van der Waals surface area contributed by atoms with Gasteiger partial charge in [0, 0.05) is 9.77 Å². The largest absolute Gasteiger partial charge is 0.143 e. The van der Waals surface area contributed by atoms with Crippen LogP contribution < -0.4 is 0 Å². The van der Waals surface area contributed by atoms with Crippen LogP contribution >= 0.6 is 24.8 Å². The third-order valence-electron chi connectivity index (χ3n) is 3.42. The van der Waals surface area contributed by atoms with Crippen molar-refractivity contribution in [2.75, 3.05) is 0 Å². The summed E-state index contributed by atoms with van der Waals surface area (Å²) in [5.41, 5.74) is 3.54. The Balaban J connectivity index is 2.03. The SMILES string of the molecule is C=C/C(S)=C\c1cccc(C(=S)CCC2=CC=CCC=C2)c1. The number of thiol groups is 1. The van der Waals surface area contributed by atoms with Crippen molar-refractivity contribution in [3.63, 3.8) is 0 Å². The lowest BCUT2D eigenvalue weighted by Crippen LogP contribution is -1.98. The molecule has 0 bridgehead atoms. The average Bonchev–Trinajstić information content (AvgIpc) is 2.81. The minimum absolute atomic E-state index is 0.851. The monoisotopic (exact) mass is 324 g/mol. The topological polar surface area (TPSA) is 0 Å². The second-order valence-electron chi connectivity index (χ2n) is 5.13. The zero-order valence-electron chi connectivity index (χ0n) is 12.5. The van der Waals surface area contributed by atoms with Gasteiger partial charge in [0.1, 0.15) is 0 Å². The number of benzene rings is 1. The van der Waals surface area contributed by atoms with Crippen LogP contribution in [0.15, 0.2) is 77.8 Å². The molecule has 1 aliphatic rings. The van der Waals surface area contributed by atoms with E-state index in [2.05, 4.69) is 61.7 Å². The van der Waals surface area contributed by atoms with Crippen LogP contribution in [0, 0.1) is 0 Å². The highest BCUT2D eigenvalue weighted by molar-refractivity contribution is 7.85. The van der Waals surface area contributed by atoms with Gasteiger partial charge < -0.3 is 0 Å². The Morgan fingerprint density at radius 1 is 1.32 bits per heavy atom. The van der Waals surface area contributed by atoms with E-state index in [0.717, 1.165) is 40.2 Å². The molecule has 0 heterocycles. The molecule has 0 atom stereocenters. The summed E-state index contributed by atoms with van der Waals surface area (Å²) >= 11 is 9.93. The molecule has 0 nitrogen and oxygen atoms in total. The van der Waals surface area contributed by atoms with E-state index in [1.165, 1.54) is 5.57 Å². The standard InChI is InChI=1S/C20H20S2/c1-2-19(21)15-17-10-7-11-18(14-17)20(22)13-12-16-8-5-3-4-6-9-16/h2-3,5-11,14-15,21H,1,4,12-13H2/b19-15+. The smallest absolute Gasteiger partial charge is 0.0228 e. The minimum atomic E-state index is 0.851. The van der Waals surface area contributed by atoms with E-state index >= 15 is 0 Å². The maximum Gasteiger partial charge on any atom is 0.0228 e. The normalized spacial score (nSPS) is 14.4. The van der Waals surface area contributed by atoms with Crippen molar-refractivity contribution in [3.8, 4) is 0 Å². The molecular formula is C20H20S2. The lowest BCUT2D eigenvalue weighted by molar-refractivity contribution is 1.06. The number of rotatable bonds is 6. The molecule has 1 aliphatic carbocycles. The van der Waals surface area contributed by atoms with Crippen LogP contribution in [0.25, 0.3) is 6.08 Å². The summed E-state index contributed by atoms with van der Waals surface area (Å²) < 4.78 is 0. The molecular weight excluding hydrogens is 304 g/mol. The van der Waals surface area contributed by atoms with Gasteiger partial charge in [-0.1, -0.05) is 73.5 Å². The Morgan fingerprint density at radius 2 is 2.18 bits per heavy atom. The first-order chi connectivity index (χ1) is 10.7. The van der Waals surface area contributed by atoms with Gasteiger partial charge in [-0.25, -0.2) is 0 Å². The van der Waals surface area contributed by atoms with E-state index in [0.29, 0.717) is 0 Å². The molecule has 0 amide bonds. The molecule has 0 aliphatic heterocycles. The number of thiocarbonyl (C=S) groups is 1. The highest BCUT2D eigenvalue weighted by Gasteiger charge is 2.04. The first-order valence-corrected chi connectivity index (χ1v) is 8.23. The predicted octanol–water partition coefficient (Wildman–Crippen LogP) is 6.08. The highest BCUT2D eigenvalue weighted by Crippen LogP contribution is 2.17. The molecule has 0 saturated carbocycles. The van der Waals surface area contributed by atoms with Gasteiger partial charge in [0.05, 0.1) is 0 Å². The lowest BCUT2D eigenvalue weighted by atomic mass is 10.0. The average molecular weight is 325 g/mol. The summed E-state index contributed by atoms with van der Waals surface area (Å²) in [7, 11) is 0. The molecule has 0 fully saturated rings. The zero-order chi connectivity index (χ0) is 15.8. The van der Waals surface area contributed by atoms with Gasteiger partial charge in [0.25, 0.3) is 0 Å². The van der Waals surface area contributed by atoms with Crippen molar-refractivity contribution in [1.82, 2.24) is 0 Å². The van der Waals surface area contributed by atoms with Crippen molar-refractivity contribution in [2.45, 2.75) is 19.3 Å². The van der Waals surface area contributed by atoms with Crippen LogP contribution in [0.1, 0.15) is 30.4 Å². The molecule has 0 radical (unpaired) electrons. The van der Waals surface area contributed by atoms with Crippen LogP contribution in [0.2, 0.25) is 0 Å². The second-order valence-corrected chi connectivity index (χ2v) is 6.14. The van der Waals surface area contributed by atoms with Crippen molar-refractivity contribution in [3.05, 3.63) is 88.9 Å². The summed E-state index contributed by atoms with van der Waals surface area (Å²) in [6.45, 7) is 3.71. The fraction of sp³-hybridized carbons (Fsp3) is 0.150. The lowest BCUT2D eigenvalue weighted by Gasteiger charge is -2.06. The molecule has 0 unspecified atom stereocenters. The molecule has 2 heteroatoms. The van der Waals surface area contributed by atoms with Gasteiger partial charge in [-0.3, -0.25) is 0 Å².